The van der Waals surface area contributed by atoms with E-state index in [0.717, 1.165) is 10.8 Å². The maximum atomic E-state index is 12.6. The Morgan fingerprint density at radius 1 is 1.08 bits per heavy atom. The molecule has 1 unspecified atom stereocenters. The molecule has 26 heavy (non-hydrogen) atoms. The summed E-state index contributed by atoms with van der Waals surface area (Å²) < 4.78 is 11.1. The van der Waals surface area contributed by atoms with Crippen molar-refractivity contribution in [1.29, 1.82) is 0 Å². The van der Waals surface area contributed by atoms with Gasteiger partial charge >= 0.3 is 0 Å². The van der Waals surface area contributed by atoms with Crippen LogP contribution in [0.2, 0.25) is 5.02 Å². The molecule has 0 saturated heterocycles. The minimum absolute atomic E-state index is 0.221. The van der Waals surface area contributed by atoms with Gasteiger partial charge < -0.3 is 14.8 Å². The van der Waals surface area contributed by atoms with Crippen LogP contribution in [0.25, 0.3) is 10.8 Å². The number of rotatable bonds is 6. The second kappa shape index (κ2) is 8.11. The van der Waals surface area contributed by atoms with Crippen molar-refractivity contribution in [3.8, 4) is 11.5 Å². The molecule has 1 atom stereocenters. The molecular weight excluding hydrogens is 350 g/mol. The van der Waals surface area contributed by atoms with Gasteiger partial charge in [-0.15, -0.1) is 0 Å². The van der Waals surface area contributed by atoms with Gasteiger partial charge in [-0.05, 0) is 36.1 Å². The first-order valence-corrected chi connectivity index (χ1v) is 8.79. The largest absolute Gasteiger partial charge is 0.495 e. The molecule has 0 aliphatic rings. The van der Waals surface area contributed by atoms with Gasteiger partial charge in [0.15, 0.2) is 6.10 Å². The predicted octanol–water partition coefficient (Wildman–Crippen LogP) is 5.30. The lowest BCUT2D eigenvalue weighted by Crippen LogP contribution is -2.32. The highest BCUT2D eigenvalue weighted by Crippen LogP contribution is 2.29. The van der Waals surface area contributed by atoms with Gasteiger partial charge in [-0.1, -0.05) is 54.9 Å². The normalized spacial score (nSPS) is 11.8. The highest BCUT2D eigenvalue weighted by atomic mass is 35.5. The Labute approximate surface area is 157 Å². The monoisotopic (exact) mass is 369 g/mol. The summed E-state index contributed by atoms with van der Waals surface area (Å²) in [6, 6.07) is 18.9. The first kappa shape index (κ1) is 18.1. The Bertz CT molecular complexity index is 921. The molecule has 0 aliphatic carbocycles. The summed E-state index contributed by atoms with van der Waals surface area (Å²) in [5, 5.41) is 5.34. The van der Waals surface area contributed by atoms with E-state index in [0.29, 0.717) is 28.6 Å². The molecule has 0 aromatic heterocycles. The van der Waals surface area contributed by atoms with E-state index in [1.165, 1.54) is 0 Å². The molecule has 3 aromatic carbocycles. The van der Waals surface area contributed by atoms with Crippen molar-refractivity contribution in [3.05, 3.63) is 65.7 Å². The molecule has 4 nitrogen and oxygen atoms in total. The van der Waals surface area contributed by atoms with E-state index >= 15 is 0 Å². The standard InChI is InChI=1S/C21H20ClNO3/c1-3-18(21(24)23-15-11-12-20(25-2)17(22)13-15)26-19-10-6-8-14-7-4-5-9-16(14)19/h4-13,18H,3H2,1-2H3,(H,23,24). The summed E-state index contributed by atoms with van der Waals surface area (Å²) in [7, 11) is 1.55. The minimum atomic E-state index is -0.610. The molecule has 5 heteroatoms. The molecule has 0 saturated carbocycles. The van der Waals surface area contributed by atoms with Gasteiger partial charge in [-0.25, -0.2) is 0 Å². The number of halogens is 1. The van der Waals surface area contributed by atoms with Crippen molar-refractivity contribution in [2.75, 3.05) is 12.4 Å². The number of carbonyl (C=O) groups is 1. The quantitative estimate of drug-likeness (QED) is 0.641. The van der Waals surface area contributed by atoms with E-state index in [2.05, 4.69) is 5.32 Å². The fraction of sp³-hybridized carbons (Fsp3) is 0.190. The number of methoxy groups -OCH3 is 1. The van der Waals surface area contributed by atoms with Crippen molar-refractivity contribution in [3.63, 3.8) is 0 Å². The van der Waals surface area contributed by atoms with Crippen molar-refractivity contribution in [1.82, 2.24) is 0 Å². The average molecular weight is 370 g/mol. The third-order valence-corrected chi connectivity index (χ3v) is 4.40. The molecule has 0 radical (unpaired) electrons. The third kappa shape index (κ3) is 3.92. The molecule has 3 aromatic rings. The number of benzene rings is 3. The molecule has 134 valence electrons. The summed E-state index contributed by atoms with van der Waals surface area (Å²) in [4.78, 5) is 12.6. The Balaban J connectivity index is 1.77. The van der Waals surface area contributed by atoms with Crippen molar-refractivity contribution < 1.29 is 14.3 Å². The first-order valence-electron chi connectivity index (χ1n) is 8.41. The zero-order valence-electron chi connectivity index (χ0n) is 14.7. The Hall–Kier alpha value is -2.72. The van der Waals surface area contributed by atoms with E-state index in [1.54, 1.807) is 25.3 Å². The average Bonchev–Trinajstić information content (AvgIpc) is 2.66. The molecule has 0 aliphatic heterocycles. The number of carbonyl (C=O) groups excluding carboxylic acids is 1. The summed E-state index contributed by atoms with van der Waals surface area (Å²) in [5.74, 6) is 1.03. The Kier molecular flexibility index (Phi) is 5.64. The molecule has 0 fully saturated rings. The number of hydrogen-bond acceptors (Lipinski definition) is 3. The summed E-state index contributed by atoms with van der Waals surface area (Å²) in [6.45, 7) is 1.91. The van der Waals surface area contributed by atoms with Crippen LogP contribution in [-0.4, -0.2) is 19.1 Å². The van der Waals surface area contributed by atoms with Gasteiger partial charge in [0.2, 0.25) is 0 Å². The summed E-state index contributed by atoms with van der Waals surface area (Å²) in [5.41, 5.74) is 0.598. The molecule has 1 amide bonds. The lowest BCUT2D eigenvalue weighted by molar-refractivity contribution is -0.122. The molecule has 0 heterocycles. The van der Waals surface area contributed by atoms with Crippen molar-refractivity contribution in [2.24, 2.45) is 0 Å². The van der Waals surface area contributed by atoms with Gasteiger partial charge in [-0.2, -0.15) is 0 Å². The van der Waals surface area contributed by atoms with E-state index in [1.807, 2.05) is 49.4 Å². The molecular formula is C21H20ClNO3. The fourth-order valence-electron chi connectivity index (χ4n) is 2.74. The SMILES string of the molecule is CCC(Oc1cccc2ccccc12)C(=O)Nc1ccc(OC)c(Cl)c1. The van der Waals surface area contributed by atoms with Gasteiger partial charge in [-0.3, -0.25) is 4.79 Å². The minimum Gasteiger partial charge on any atom is -0.495 e. The van der Waals surface area contributed by atoms with E-state index in [9.17, 15) is 4.79 Å². The molecule has 3 rings (SSSR count). The third-order valence-electron chi connectivity index (χ3n) is 4.10. The lowest BCUT2D eigenvalue weighted by atomic mass is 10.1. The van der Waals surface area contributed by atoms with E-state index < -0.39 is 6.10 Å². The predicted molar refractivity (Wildman–Crippen MR) is 105 cm³/mol. The van der Waals surface area contributed by atoms with Crippen molar-refractivity contribution >= 4 is 34.0 Å². The second-order valence-electron chi connectivity index (χ2n) is 5.83. The fourth-order valence-corrected chi connectivity index (χ4v) is 3.00. The Morgan fingerprint density at radius 3 is 2.58 bits per heavy atom. The van der Waals surface area contributed by atoms with E-state index in [4.69, 9.17) is 21.1 Å². The number of nitrogens with one attached hydrogen (secondary N) is 1. The van der Waals surface area contributed by atoms with Crippen LogP contribution in [0.3, 0.4) is 0 Å². The van der Waals surface area contributed by atoms with Crippen LogP contribution in [0.5, 0.6) is 11.5 Å². The van der Waals surface area contributed by atoms with Crippen molar-refractivity contribution in [2.45, 2.75) is 19.4 Å². The Morgan fingerprint density at radius 2 is 1.85 bits per heavy atom. The number of ether oxygens (including phenoxy) is 2. The topological polar surface area (TPSA) is 47.6 Å². The maximum Gasteiger partial charge on any atom is 0.265 e. The number of fused-ring (bicyclic) bond motifs is 1. The molecule has 1 N–H and O–H groups in total. The summed E-state index contributed by atoms with van der Waals surface area (Å²) >= 11 is 6.11. The van der Waals surface area contributed by atoms with Gasteiger partial charge in [0, 0.05) is 11.1 Å². The summed E-state index contributed by atoms with van der Waals surface area (Å²) in [6.07, 6.45) is -0.0689. The zero-order valence-corrected chi connectivity index (χ0v) is 15.4. The van der Waals surface area contributed by atoms with Crippen LogP contribution in [0, 0.1) is 0 Å². The first-order chi connectivity index (χ1) is 12.6. The van der Waals surface area contributed by atoms with Crippen LogP contribution < -0.4 is 14.8 Å². The molecule has 0 bridgehead atoms. The van der Waals surface area contributed by atoms with Crippen LogP contribution in [0.1, 0.15) is 13.3 Å². The number of amides is 1. The van der Waals surface area contributed by atoms with Gasteiger partial charge in [0.05, 0.1) is 12.1 Å². The number of hydrogen-bond donors (Lipinski definition) is 1. The maximum absolute atomic E-state index is 12.6. The zero-order chi connectivity index (χ0) is 18.5. The van der Waals surface area contributed by atoms with Crippen LogP contribution in [0.4, 0.5) is 5.69 Å². The molecule has 0 spiro atoms. The number of anilines is 1. The highest BCUT2D eigenvalue weighted by molar-refractivity contribution is 6.32. The van der Waals surface area contributed by atoms with Crippen LogP contribution in [-0.2, 0) is 4.79 Å². The van der Waals surface area contributed by atoms with Crippen LogP contribution in [0.15, 0.2) is 60.7 Å². The lowest BCUT2D eigenvalue weighted by Gasteiger charge is -2.19. The second-order valence-corrected chi connectivity index (χ2v) is 6.24. The van der Waals surface area contributed by atoms with E-state index in [-0.39, 0.29) is 5.91 Å². The smallest absolute Gasteiger partial charge is 0.265 e. The highest BCUT2D eigenvalue weighted by Gasteiger charge is 2.20. The van der Waals surface area contributed by atoms with Gasteiger partial charge in [0.25, 0.3) is 5.91 Å². The van der Waals surface area contributed by atoms with Gasteiger partial charge in [0.1, 0.15) is 11.5 Å². The van der Waals surface area contributed by atoms with Crippen LogP contribution >= 0.6 is 11.6 Å².